The van der Waals surface area contributed by atoms with Crippen LogP contribution in [0.4, 0.5) is 5.69 Å². The lowest BCUT2D eigenvalue weighted by molar-refractivity contribution is -0.116. The average molecular weight is 370 g/mol. The lowest BCUT2D eigenvalue weighted by Gasteiger charge is -2.12. The molecule has 0 aliphatic carbocycles. The largest absolute Gasteiger partial charge is 0.464 e. The normalized spacial score (nSPS) is 10.9. The van der Waals surface area contributed by atoms with Crippen molar-refractivity contribution in [1.82, 2.24) is 4.57 Å². The molecule has 0 saturated carbocycles. The minimum atomic E-state index is -0.439. The Hall–Kier alpha value is -2.60. The molecule has 0 atom stereocenters. The summed E-state index contributed by atoms with van der Waals surface area (Å²) in [6.07, 6.45) is 0.918. The quantitative estimate of drug-likeness (QED) is 0.681. The molecule has 2 aromatic heterocycles. The van der Waals surface area contributed by atoms with E-state index in [-0.39, 0.29) is 12.5 Å². The number of carbonyl (C=O) groups excluding carboxylic acids is 2. The zero-order chi connectivity index (χ0) is 18.8. The number of ether oxygens (including phenoxy) is 1. The van der Waals surface area contributed by atoms with Crippen LogP contribution < -0.4 is 5.32 Å². The highest BCUT2D eigenvalue weighted by Gasteiger charge is 2.20. The van der Waals surface area contributed by atoms with Crippen LogP contribution >= 0.6 is 11.3 Å². The topological polar surface area (TPSA) is 60.3 Å². The maximum absolute atomic E-state index is 12.6. The van der Waals surface area contributed by atoms with E-state index >= 15 is 0 Å². The number of aromatic nitrogens is 1. The van der Waals surface area contributed by atoms with Crippen LogP contribution in [0.5, 0.6) is 0 Å². The highest BCUT2D eigenvalue weighted by molar-refractivity contribution is 7.19. The van der Waals surface area contributed by atoms with Crippen LogP contribution in [0.15, 0.2) is 30.3 Å². The first-order chi connectivity index (χ1) is 12.4. The first-order valence-corrected chi connectivity index (χ1v) is 9.32. The molecular formula is C20H22N2O3S. The highest BCUT2D eigenvalue weighted by Crippen LogP contribution is 2.30. The van der Waals surface area contributed by atoms with E-state index in [1.165, 1.54) is 12.0 Å². The fourth-order valence-electron chi connectivity index (χ4n) is 2.91. The summed E-state index contributed by atoms with van der Waals surface area (Å²) in [5.74, 6) is -0.614. The van der Waals surface area contributed by atoms with Gasteiger partial charge in [-0.3, -0.25) is 4.79 Å². The van der Waals surface area contributed by atoms with Crippen molar-refractivity contribution in [1.29, 1.82) is 0 Å². The van der Waals surface area contributed by atoms with Crippen LogP contribution in [0.25, 0.3) is 10.2 Å². The van der Waals surface area contributed by atoms with E-state index < -0.39 is 5.97 Å². The maximum atomic E-state index is 12.6. The number of hydrogen-bond acceptors (Lipinski definition) is 4. The summed E-state index contributed by atoms with van der Waals surface area (Å²) in [7, 11) is 1.35. The van der Waals surface area contributed by atoms with Crippen molar-refractivity contribution in [3.63, 3.8) is 0 Å². The number of methoxy groups -OCH3 is 1. The van der Waals surface area contributed by atoms with Crippen molar-refractivity contribution in [3.8, 4) is 0 Å². The molecule has 0 unspecified atom stereocenters. The van der Waals surface area contributed by atoms with Crippen LogP contribution in [0.2, 0.25) is 0 Å². The summed E-state index contributed by atoms with van der Waals surface area (Å²) < 4.78 is 7.60. The number of aryl methyl sites for hydroxylation is 3. The smallest absolute Gasteiger partial charge is 0.354 e. The Kier molecular flexibility index (Phi) is 5.13. The van der Waals surface area contributed by atoms with E-state index in [0.717, 1.165) is 33.5 Å². The number of thiophene rings is 1. The molecule has 1 aromatic carbocycles. The molecule has 0 radical (unpaired) electrons. The Morgan fingerprint density at radius 2 is 1.96 bits per heavy atom. The molecule has 0 spiro atoms. The van der Waals surface area contributed by atoms with E-state index in [1.54, 1.807) is 22.0 Å². The molecule has 0 aliphatic rings. The Morgan fingerprint density at radius 1 is 1.19 bits per heavy atom. The van der Waals surface area contributed by atoms with E-state index in [4.69, 9.17) is 4.74 Å². The van der Waals surface area contributed by atoms with Crippen LogP contribution in [0.1, 0.15) is 33.4 Å². The molecule has 0 fully saturated rings. The first-order valence-electron chi connectivity index (χ1n) is 8.50. The number of hydrogen-bond donors (Lipinski definition) is 1. The zero-order valence-electron chi connectivity index (χ0n) is 15.4. The molecule has 5 nitrogen and oxygen atoms in total. The number of carbonyl (C=O) groups is 2. The number of amides is 1. The van der Waals surface area contributed by atoms with Gasteiger partial charge in [0.15, 0.2) is 0 Å². The molecule has 3 aromatic rings. The fraction of sp³-hybridized carbons (Fsp3) is 0.300. The van der Waals surface area contributed by atoms with E-state index in [9.17, 15) is 9.59 Å². The number of anilines is 1. The number of benzene rings is 1. The van der Waals surface area contributed by atoms with E-state index in [2.05, 4.69) is 12.2 Å². The molecule has 0 saturated heterocycles. The molecule has 2 heterocycles. The molecule has 3 rings (SSSR count). The monoisotopic (exact) mass is 370 g/mol. The van der Waals surface area contributed by atoms with Gasteiger partial charge < -0.3 is 14.6 Å². The van der Waals surface area contributed by atoms with Crippen molar-refractivity contribution in [3.05, 3.63) is 52.0 Å². The Labute approximate surface area is 156 Å². The van der Waals surface area contributed by atoms with Crippen LogP contribution in [-0.4, -0.2) is 23.6 Å². The summed E-state index contributed by atoms with van der Waals surface area (Å²) in [6.45, 7) is 6.08. The van der Waals surface area contributed by atoms with Gasteiger partial charge >= 0.3 is 5.97 Å². The van der Waals surface area contributed by atoms with Gasteiger partial charge in [-0.1, -0.05) is 19.1 Å². The van der Waals surface area contributed by atoms with Crippen molar-refractivity contribution in [2.45, 2.75) is 33.7 Å². The molecule has 1 N–H and O–H groups in total. The summed E-state index contributed by atoms with van der Waals surface area (Å²) in [6, 6.07) is 9.77. The van der Waals surface area contributed by atoms with Gasteiger partial charge in [-0.15, -0.1) is 11.3 Å². The lowest BCUT2D eigenvalue weighted by atomic mass is 10.1. The zero-order valence-corrected chi connectivity index (χ0v) is 16.2. The number of fused-ring (bicyclic) bond motifs is 1. The number of nitrogens with one attached hydrogen (secondary N) is 1. The number of rotatable bonds is 5. The predicted octanol–water partition coefficient (Wildman–Crippen LogP) is 4.31. The third-order valence-electron chi connectivity index (χ3n) is 4.35. The number of nitrogens with zero attached hydrogens (tertiary/aromatic N) is 1. The van der Waals surface area contributed by atoms with Gasteiger partial charge in [0, 0.05) is 10.6 Å². The third kappa shape index (κ3) is 3.51. The molecular weight excluding hydrogens is 348 g/mol. The van der Waals surface area contributed by atoms with E-state index in [1.807, 2.05) is 38.1 Å². The summed E-state index contributed by atoms with van der Waals surface area (Å²) >= 11 is 1.64. The third-order valence-corrected chi connectivity index (χ3v) is 5.57. The van der Waals surface area contributed by atoms with Crippen LogP contribution in [0.3, 0.4) is 0 Å². The van der Waals surface area contributed by atoms with Crippen LogP contribution in [0, 0.1) is 13.8 Å². The van der Waals surface area contributed by atoms with Crippen molar-refractivity contribution >= 4 is 39.1 Å². The second-order valence-electron chi connectivity index (χ2n) is 6.29. The van der Waals surface area contributed by atoms with Gasteiger partial charge in [-0.05, 0) is 49.6 Å². The summed E-state index contributed by atoms with van der Waals surface area (Å²) in [5.41, 5.74) is 4.15. The minimum Gasteiger partial charge on any atom is -0.464 e. The van der Waals surface area contributed by atoms with Gasteiger partial charge in [0.25, 0.3) is 0 Å². The molecule has 136 valence electrons. The number of esters is 1. The second-order valence-corrected chi connectivity index (χ2v) is 7.46. The molecule has 6 heteroatoms. The van der Waals surface area contributed by atoms with Crippen molar-refractivity contribution in [2.24, 2.45) is 0 Å². The molecule has 0 aliphatic heterocycles. The Balaban J connectivity index is 1.93. The lowest BCUT2D eigenvalue weighted by Crippen LogP contribution is -2.22. The highest BCUT2D eigenvalue weighted by atomic mass is 32.1. The minimum absolute atomic E-state index is 0.0567. The first kappa shape index (κ1) is 18.2. The second kappa shape index (κ2) is 7.33. The Morgan fingerprint density at radius 3 is 2.65 bits per heavy atom. The van der Waals surface area contributed by atoms with Crippen molar-refractivity contribution in [2.75, 3.05) is 12.4 Å². The van der Waals surface area contributed by atoms with Gasteiger partial charge in [0.2, 0.25) is 5.91 Å². The fourth-order valence-corrected chi connectivity index (χ4v) is 3.96. The van der Waals surface area contributed by atoms with Crippen molar-refractivity contribution < 1.29 is 14.3 Å². The summed E-state index contributed by atoms with van der Waals surface area (Å²) in [5, 5.41) is 2.95. The molecule has 0 bridgehead atoms. The van der Waals surface area contributed by atoms with E-state index in [0.29, 0.717) is 5.69 Å². The maximum Gasteiger partial charge on any atom is 0.354 e. The van der Waals surface area contributed by atoms with Gasteiger partial charge in [-0.2, -0.15) is 0 Å². The van der Waals surface area contributed by atoms with Crippen LogP contribution in [-0.2, 0) is 22.5 Å². The van der Waals surface area contributed by atoms with Gasteiger partial charge in [0.05, 0.1) is 17.3 Å². The standard InChI is InChI=1S/C20H22N2O3S/c1-5-14-9-16-18(26-14)10-17(20(24)25-4)22(16)11-19(23)21-15-8-12(2)6-7-13(15)3/h6-10H,5,11H2,1-4H3,(H,21,23). The Bertz CT molecular complexity index is 985. The van der Waals surface area contributed by atoms with Gasteiger partial charge in [0.1, 0.15) is 12.2 Å². The molecule has 26 heavy (non-hydrogen) atoms. The SMILES string of the molecule is CCc1cc2c(cc(C(=O)OC)n2CC(=O)Nc2cc(C)ccc2C)s1. The summed E-state index contributed by atoms with van der Waals surface area (Å²) in [4.78, 5) is 26.0. The predicted molar refractivity (Wildman–Crippen MR) is 105 cm³/mol. The average Bonchev–Trinajstić information content (AvgIpc) is 3.16. The van der Waals surface area contributed by atoms with Gasteiger partial charge in [-0.25, -0.2) is 4.79 Å². The molecule has 1 amide bonds.